The van der Waals surface area contributed by atoms with Crippen LogP contribution in [0, 0.1) is 4.77 Å². The molecule has 4 nitrogen and oxygen atoms in total. The summed E-state index contributed by atoms with van der Waals surface area (Å²) < 4.78 is 2.46. The summed E-state index contributed by atoms with van der Waals surface area (Å²) in [5.74, 6) is 0.808. The average molecular weight is 283 g/mol. The number of aromatic amines is 1. The van der Waals surface area contributed by atoms with E-state index in [4.69, 9.17) is 23.8 Å². The summed E-state index contributed by atoms with van der Waals surface area (Å²) in [6.45, 7) is 2.11. The summed E-state index contributed by atoms with van der Waals surface area (Å²) >= 11 is 11.0. The van der Waals surface area contributed by atoms with E-state index in [1.165, 1.54) is 5.56 Å². The standard InChI is InChI=1S/C12H15ClN4S/c1-8(9-4-6-10(13)7-5-9)16(2)11-14-15-12(18)17(11)3/h4-8H,1-3H3,(H,15,18). The Labute approximate surface area is 116 Å². The van der Waals surface area contributed by atoms with Crippen molar-refractivity contribution < 1.29 is 0 Å². The number of rotatable bonds is 3. The summed E-state index contributed by atoms with van der Waals surface area (Å²) in [7, 11) is 3.89. The minimum atomic E-state index is 0.186. The molecule has 0 saturated heterocycles. The van der Waals surface area contributed by atoms with Crippen molar-refractivity contribution >= 4 is 29.8 Å². The molecule has 1 aromatic heterocycles. The largest absolute Gasteiger partial charge is 0.337 e. The van der Waals surface area contributed by atoms with Crippen LogP contribution < -0.4 is 4.90 Å². The van der Waals surface area contributed by atoms with Crippen molar-refractivity contribution in [3.63, 3.8) is 0 Å². The van der Waals surface area contributed by atoms with E-state index in [2.05, 4.69) is 22.0 Å². The predicted molar refractivity (Wildman–Crippen MR) is 76.7 cm³/mol. The van der Waals surface area contributed by atoms with Crippen molar-refractivity contribution in [3.8, 4) is 0 Å². The van der Waals surface area contributed by atoms with E-state index >= 15 is 0 Å². The topological polar surface area (TPSA) is 36.9 Å². The van der Waals surface area contributed by atoms with E-state index in [0.29, 0.717) is 4.77 Å². The van der Waals surface area contributed by atoms with Gasteiger partial charge in [0, 0.05) is 19.1 Å². The zero-order chi connectivity index (χ0) is 13.3. The molecule has 1 aromatic carbocycles. The van der Waals surface area contributed by atoms with Gasteiger partial charge in [0.05, 0.1) is 6.04 Å². The van der Waals surface area contributed by atoms with Gasteiger partial charge >= 0.3 is 0 Å². The van der Waals surface area contributed by atoms with Crippen LogP contribution in [0.1, 0.15) is 18.5 Å². The van der Waals surface area contributed by atoms with Gasteiger partial charge in [-0.2, -0.15) is 0 Å². The second-order valence-electron chi connectivity index (χ2n) is 4.23. The summed E-state index contributed by atoms with van der Waals surface area (Å²) in [6.07, 6.45) is 0. The molecule has 0 aliphatic carbocycles. The lowest BCUT2D eigenvalue weighted by Crippen LogP contribution is -2.24. The molecule has 96 valence electrons. The highest BCUT2D eigenvalue weighted by atomic mass is 35.5. The van der Waals surface area contributed by atoms with Gasteiger partial charge in [0.15, 0.2) is 4.77 Å². The van der Waals surface area contributed by atoms with Gasteiger partial charge in [-0.1, -0.05) is 23.7 Å². The van der Waals surface area contributed by atoms with Crippen molar-refractivity contribution in [3.05, 3.63) is 39.6 Å². The van der Waals surface area contributed by atoms with Crippen LogP contribution in [-0.4, -0.2) is 21.8 Å². The predicted octanol–water partition coefficient (Wildman–Crippen LogP) is 3.33. The van der Waals surface area contributed by atoms with Crippen molar-refractivity contribution in [1.29, 1.82) is 0 Å². The van der Waals surface area contributed by atoms with Gasteiger partial charge in [-0.25, -0.2) is 5.10 Å². The molecule has 2 aromatic rings. The van der Waals surface area contributed by atoms with Crippen molar-refractivity contribution in [1.82, 2.24) is 14.8 Å². The fourth-order valence-corrected chi connectivity index (χ4v) is 2.05. The smallest absolute Gasteiger partial charge is 0.225 e. The first-order chi connectivity index (χ1) is 8.50. The van der Waals surface area contributed by atoms with Crippen molar-refractivity contribution in [2.45, 2.75) is 13.0 Å². The van der Waals surface area contributed by atoms with Gasteiger partial charge < -0.3 is 4.90 Å². The van der Waals surface area contributed by atoms with Gasteiger partial charge in [0.25, 0.3) is 0 Å². The zero-order valence-corrected chi connectivity index (χ0v) is 12.1. The molecule has 0 aliphatic rings. The van der Waals surface area contributed by atoms with E-state index in [0.717, 1.165) is 11.0 Å². The second kappa shape index (κ2) is 5.12. The SMILES string of the molecule is CC(c1ccc(Cl)cc1)N(C)c1n[nH]c(=S)n1C. The molecular weight excluding hydrogens is 268 g/mol. The van der Waals surface area contributed by atoms with Gasteiger partial charge in [0.1, 0.15) is 0 Å². The van der Waals surface area contributed by atoms with Crippen LogP contribution in [0.15, 0.2) is 24.3 Å². The van der Waals surface area contributed by atoms with E-state index in [1.807, 2.05) is 42.9 Å². The highest BCUT2D eigenvalue weighted by Crippen LogP contribution is 2.24. The van der Waals surface area contributed by atoms with Crippen LogP contribution in [0.25, 0.3) is 0 Å². The minimum absolute atomic E-state index is 0.186. The average Bonchev–Trinajstić information content (AvgIpc) is 2.69. The van der Waals surface area contributed by atoms with Gasteiger partial charge in [0.2, 0.25) is 5.95 Å². The maximum absolute atomic E-state index is 5.89. The molecular formula is C12H15ClN4S. The highest BCUT2D eigenvalue weighted by molar-refractivity contribution is 7.71. The summed E-state index contributed by atoms with van der Waals surface area (Å²) in [5, 5.41) is 7.75. The van der Waals surface area contributed by atoms with Crippen LogP contribution >= 0.6 is 23.8 Å². The fraction of sp³-hybridized carbons (Fsp3) is 0.333. The number of aromatic nitrogens is 3. The molecule has 0 fully saturated rings. The minimum Gasteiger partial charge on any atom is -0.337 e. The molecule has 6 heteroatoms. The summed E-state index contributed by atoms with van der Waals surface area (Å²) in [6, 6.07) is 8.01. The molecule has 0 amide bonds. The number of nitrogens with zero attached hydrogens (tertiary/aromatic N) is 3. The van der Waals surface area contributed by atoms with E-state index in [-0.39, 0.29) is 6.04 Å². The lowest BCUT2D eigenvalue weighted by Gasteiger charge is -2.25. The molecule has 1 N–H and O–H groups in total. The number of H-pyrrole nitrogens is 1. The normalized spacial score (nSPS) is 12.4. The zero-order valence-electron chi connectivity index (χ0n) is 10.5. The number of halogens is 1. The maximum atomic E-state index is 5.89. The molecule has 0 radical (unpaired) electrons. The van der Waals surface area contributed by atoms with E-state index in [1.54, 1.807) is 0 Å². The first-order valence-electron chi connectivity index (χ1n) is 5.60. The molecule has 0 aliphatic heterocycles. The lowest BCUT2D eigenvalue weighted by molar-refractivity contribution is 0.693. The molecule has 0 spiro atoms. The molecule has 1 atom stereocenters. The second-order valence-corrected chi connectivity index (χ2v) is 5.05. The Morgan fingerprint density at radius 2 is 2.00 bits per heavy atom. The Balaban J connectivity index is 2.28. The van der Waals surface area contributed by atoms with Crippen LogP contribution in [0.5, 0.6) is 0 Å². The number of hydrogen-bond donors (Lipinski definition) is 1. The van der Waals surface area contributed by atoms with Crippen LogP contribution in [-0.2, 0) is 7.05 Å². The quantitative estimate of drug-likeness (QED) is 0.878. The number of benzene rings is 1. The van der Waals surface area contributed by atoms with Crippen LogP contribution in [0.4, 0.5) is 5.95 Å². The van der Waals surface area contributed by atoms with Crippen LogP contribution in [0.2, 0.25) is 5.02 Å². The molecule has 2 rings (SSSR count). The third-order valence-corrected chi connectivity index (χ3v) is 3.72. The number of nitrogens with one attached hydrogen (secondary N) is 1. The van der Waals surface area contributed by atoms with E-state index < -0.39 is 0 Å². The fourth-order valence-electron chi connectivity index (χ4n) is 1.79. The first-order valence-corrected chi connectivity index (χ1v) is 6.39. The van der Waals surface area contributed by atoms with Crippen molar-refractivity contribution in [2.24, 2.45) is 7.05 Å². The Kier molecular flexibility index (Phi) is 3.73. The van der Waals surface area contributed by atoms with Crippen molar-refractivity contribution in [2.75, 3.05) is 11.9 Å². The Morgan fingerprint density at radius 3 is 2.50 bits per heavy atom. The molecule has 18 heavy (non-hydrogen) atoms. The molecule has 0 saturated carbocycles. The van der Waals surface area contributed by atoms with Gasteiger partial charge in [-0.05, 0) is 36.8 Å². The Bertz CT molecular complexity index is 587. The molecule has 0 bridgehead atoms. The van der Waals surface area contributed by atoms with Gasteiger partial charge in [-0.15, -0.1) is 5.10 Å². The van der Waals surface area contributed by atoms with Gasteiger partial charge in [-0.3, -0.25) is 4.57 Å². The number of anilines is 1. The monoisotopic (exact) mass is 282 g/mol. The molecule has 1 unspecified atom stereocenters. The Morgan fingerprint density at radius 1 is 1.39 bits per heavy atom. The lowest BCUT2D eigenvalue weighted by atomic mass is 10.1. The number of hydrogen-bond acceptors (Lipinski definition) is 3. The summed E-state index contributed by atoms with van der Waals surface area (Å²) in [4.78, 5) is 2.07. The highest BCUT2D eigenvalue weighted by Gasteiger charge is 2.16. The maximum Gasteiger partial charge on any atom is 0.225 e. The van der Waals surface area contributed by atoms with E-state index in [9.17, 15) is 0 Å². The summed E-state index contributed by atoms with van der Waals surface area (Å²) in [5.41, 5.74) is 1.18. The third kappa shape index (κ3) is 2.42. The Hall–Kier alpha value is -1.33. The van der Waals surface area contributed by atoms with Crippen LogP contribution in [0.3, 0.4) is 0 Å². The third-order valence-electron chi connectivity index (χ3n) is 3.11. The molecule has 1 heterocycles. The first kappa shape index (κ1) is 13.1.